The third-order valence-electron chi connectivity index (χ3n) is 6.03. The van der Waals surface area contributed by atoms with Gasteiger partial charge in [-0.3, -0.25) is 14.4 Å². The van der Waals surface area contributed by atoms with Gasteiger partial charge in [-0.15, -0.1) is 0 Å². The number of para-hydroxylation sites is 1. The van der Waals surface area contributed by atoms with E-state index in [-0.39, 0.29) is 12.1 Å². The van der Waals surface area contributed by atoms with Gasteiger partial charge in [0.05, 0.1) is 12.7 Å². The van der Waals surface area contributed by atoms with Crippen molar-refractivity contribution in [1.82, 2.24) is 4.90 Å². The summed E-state index contributed by atoms with van der Waals surface area (Å²) < 4.78 is 10.3. The van der Waals surface area contributed by atoms with Crippen molar-refractivity contribution < 1.29 is 29.0 Å². The second-order valence-electron chi connectivity index (χ2n) is 7.68. The average molecular weight is 436 g/mol. The lowest BCUT2D eigenvalue weighted by Crippen LogP contribution is -2.51. The highest BCUT2D eigenvalue weighted by Crippen LogP contribution is 2.53. The summed E-state index contributed by atoms with van der Waals surface area (Å²) in [4.78, 5) is 42.9. The number of methoxy groups -OCH3 is 2. The van der Waals surface area contributed by atoms with Crippen molar-refractivity contribution in [2.24, 2.45) is 0 Å². The van der Waals surface area contributed by atoms with Gasteiger partial charge in [0.15, 0.2) is 5.54 Å². The van der Waals surface area contributed by atoms with Gasteiger partial charge in [0, 0.05) is 44.1 Å². The summed E-state index contributed by atoms with van der Waals surface area (Å²) in [7, 11) is 4.65. The minimum absolute atomic E-state index is 0.117. The zero-order valence-electron chi connectivity index (χ0n) is 18.1. The van der Waals surface area contributed by atoms with Crippen molar-refractivity contribution in [3.8, 4) is 5.75 Å². The molecule has 2 aliphatic rings. The summed E-state index contributed by atoms with van der Waals surface area (Å²) >= 11 is 0. The Hall–Kier alpha value is -3.65. The summed E-state index contributed by atoms with van der Waals surface area (Å²) in [6, 6.07) is 13.4. The molecule has 1 spiro atoms. The van der Waals surface area contributed by atoms with E-state index in [4.69, 9.17) is 9.47 Å². The van der Waals surface area contributed by atoms with Crippen molar-refractivity contribution in [3.63, 3.8) is 0 Å². The minimum Gasteiger partial charge on any atom is -0.507 e. The lowest BCUT2D eigenvalue weighted by Gasteiger charge is -2.34. The highest BCUT2D eigenvalue weighted by Gasteiger charge is 2.66. The number of amides is 2. The van der Waals surface area contributed by atoms with E-state index in [0.717, 1.165) is 0 Å². The molecule has 2 aromatic rings. The number of carbonyl (C=O) groups excluding carboxylic acids is 3. The second-order valence-corrected chi connectivity index (χ2v) is 7.68. The van der Waals surface area contributed by atoms with Crippen LogP contribution in [-0.2, 0) is 24.7 Å². The molecule has 166 valence electrons. The summed E-state index contributed by atoms with van der Waals surface area (Å²) in [5, 5.41) is 11.3. The number of likely N-dealkylation sites (tertiary alicyclic amines) is 1. The third kappa shape index (κ3) is 2.90. The fourth-order valence-corrected chi connectivity index (χ4v) is 4.53. The number of carbonyl (C=O) groups is 3. The Labute approximate surface area is 185 Å². The highest BCUT2D eigenvalue weighted by atomic mass is 16.5. The maximum Gasteiger partial charge on any atom is 0.296 e. The Morgan fingerprint density at radius 2 is 1.72 bits per heavy atom. The van der Waals surface area contributed by atoms with Crippen molar-refractivity contribution in [2.75, 3.05) is 39.3 Å². The summed E-state index contributed by atoms with van der Waals surface area (Å²) in [6.07, 6.45) is 0.424. The van der Waals surface area contributed by atoms with Gasteiger partial charge in [0.25, 0.3) is 17.6 Å². The quantitative estimate of drug-likeness (QED) is 0.323. The van der Waals surface area contributed by atoms with Gasteiger partial charge in [0.1, 0.15) is 11.5 Å². The van der Waals surface area contributed by atoms with Crippen LogP contribution in [0, 0.1) is 0 Å². The molecule has 0 aliphatic carbocycles. The normalized spacial score (nSPS) is 21.5. The van der Waals surface area contributed by atoms with E-state index in [1.165, 1.54) is 24.0 Å². The molecule has 32 heavy (non-hydrogen) atoms. The molecule has 0 saturated carbocycles. The number of likely N-dealkylation sites (N-methyl/N-ethyl adjacent to an activating group) is 1. The van der Waals surface area contributed by atoms with Gasteiger partial charge in [-0.25, -0.2) is 0 Å². The molecule has 1 atom stereocenters. The molecule has 1 fully saturated rings. The predicted molar refractivity (Wildman–Crippen MR) is 117 cm³/mol. The monoisotopic (exact) mass is 436 g/mol. The predicted octanol–water partition coefficient (Wildman–Crippen LogP) is 2.28. The lowest BCUT2D eigenvalue weighted by atomic mass is 9.82. The first-order valence-corrected chi connectivity index (χ1v) is 10.2. The van der Waals surface area contributed by atoms with Crippen LogP contribution in [0.2, 0.25) is 0 Å². The molecule has 0 radical (unpaired) electrons. The molecule has 8 heteroatoms. The van der Waals surface area contributed by atoms with Crippen LogP contribution in [0.3, 0.4) is 0 Å². The molecule has 0 bridgehead atoms. The average Bonchev–Trinajstić information content (AvgIpc) is 3.17. The summed E-state index contributed by atoms with van der Waals surface area (Å²) in [5.41, 5.74) is -0.597. The Kier molecular flexibility index (Phi) is 5.48. The van der Waals surface area contributed by atoms with E-state index < -0.39 is 28.9 Å². The molecule has 2 heterocycles. The lowest BCUT2D eigenvalue weighted by molar-refractivity contribution is -0.143. The number of ether oxygens (including phenoxy) is 2. The number of aliphatic hydroxyl groups is 1. The van der Waals surface area contributed by atoms with Crippen molar-refractivity contribution in [1.29, 1.82) is 0 Å². The fourth-order valence-electron chi connectivity index (χ4n) is 4.53. The Bertz CT molecular complexity index is 1120. The van der Waals surface area contributed by atoms with Crippen molar-refractivity contribution >= 4 is 29.0 Å². The minimum atomic E-state index is -1.74. The number of Topliss-reactive ketones (excluding diaryl/α,β-unsaturated/α-hetero) is 1. The van der Waals surface area contributed by atoms with Crippen LogP contribution in [0.4, 0.5) is 5.69 Å². The first kappa shape index (κ1) is 21.6. The highest BCUT2D eigenvalue weighted by molar-refractivity contribution is 6.50. The SMILES string of the molecule is COCCCN1C(=O)C(=O)C(=C(O)c2ccc(OC)cc2)[C@@]12C(=O)N(C)c1ccccc12. The van der Waals surface area contributed by atoms with Gasteiger partial charge in [0.2, 0.25) is 0 Å². The third-order valence-corrected chi connectivity index (χ3v) is 6.03. The number of hydrogen-bond donors (Lipinski definition) is 1. The van der Waals surface area contributed by atoms with Crippen LogP contribution in [0.5, 0.6) is 5.75 Å². The maximum atomic E-state index is 13.8. The standard InChI is InChI=1S/C24H24N2O6/c1-25-18-8-5-4-7-17(18)24(23(25)30)19(20(27)15-9-11-16(32-3)12-10-15)21(28)22(29)26(24)13-6-14-31-2/h4-5,7-12,27H,6,13-14H2,1-3H3/t24-/m0/s1. The fraction of sp³-hybridized carbons (Fsp3) is 0.292. The van der Waals surface area contributed by atoms with E-state index in [1.807, 2.05) is 0 Å². The molecule has 1 saturated heterocycles. The van der Waals surface area contributed by atoms with Crippen LogP contribution in [0.1, 0.15) is 17.5 Å². The van der Waals surface area contributed by atoms with Crippen molar-refractivity contribution in [2.45, 2.75) is 12.0 Å². The number of anilines is 1. The molecule has 2 amide bonds. The molecule has 8 nitrogen and oxygen atoms in total. The Morgan fingerprint density at radius 1 is 1.03 bits per heavy atom. The Balaban J connectivity index is 1.99. The van der Waals surface area contributed by atoms with E-state index in [0.29, 0.717) is 35.6 Å². The number of rotatable bonds is 6. The number of hydrogen-bond acceptors (Lipinski definition) is 6. The van der Waals surface area contributed by atoms with E-state index >= 15 is 0 Å². The van der Waals surface area contributed by atoms with Gasteiger partial charge < -0.3 is 24.4 Å². The molecule has 2 aromatic carbocycles. The molecule has 2 aliphatic heterocycles. The smallest absolute Gasteiger partial charge is 0.296 e. The maximum absolute atomic E-state index is 13.8. The van der Waals surface area contributed by atoms with E-state index in [9.17, 15) is 19.5 Å². The van der Waals surface area contributed by atoms with Crippen LogP contribution < -0.4 is 9.64 Å². The molecule has 1 N–H and O–H groups in total. The van der Waals surface area contributed by atoms with Crippen LogP contribution in [-0.4, -0.2) is 62.0 Å². The zero-order chi connectivity index (χ0) is 23.0. The van der Waals surface area contributed by atoms with Gasteiger partial charge >= 0.3 is 0 Å². The first-order chi connectivity index (χ1) is 15.4. The number of aliphatic hydroxyl groups excluding tert-OH is 1. The molecule has 0 aromatic heterocycles. The zero-order valence-corrected chi connectivity index (χ0v) is 18.1. The molecular weight excluding hydrogens is 412 g/mol. The van der Waals surface area contributed by atoms with Crippen LogP contribution in [0.15, 0.2) is 54.1 Å². The van der Waals surface area contributed by atoms with Crippen LogP contribution >= 0.6 is 0 Å². The number of ketones is 1. The largest absolute Gasteiger partial charge is 0.507 e. The van der Waals surface area contributed by atoms with Gasteiger partial charge in [-0.05, 0) is 36.8 Å². The summed E-state index contributed by atoms with van der Waals surface area (Å²) in [6.45, 7) is 0.467. The molecule has 4 rings (SSSR count). The number of nitrogens with zero attached hydrogens (tertiary/aromatic N) is 2. The van der Waals surface area contributed by atoms with Crippen molar-refractivity contribution in [3.05, 3.63) is 65.2 Å². The van der Waals surface area contributed by atoms with Gasteiger partial charge in [-0.2, -0.15) is 0 Å². The Morgan fingerprint density at radius 3 is 2.38 bits per heavy atom. The molecule has 0 unspecified atom stereocenters. The number of fused-ring (bicyclic) bond motifs is 2. The molecular formula is C24H24N2O6. The van der Waals surface area contributed by atoms with E-state index in [2.05, 4.69) is 0 Å². The topological polar surface area (TPSA) is 96.4 Å². The second kappa shape index (κ2) is 8.12. The number of benzene rings is 2. The van der Waals surface area contributed by atoms with Crippen LogP contribution in [0.25, 0.3) is 5.76 Å². The summed E-state index contributed by atoms with van der Waals surface area (Å²) in [5.74, 6) is -2.02. The van der Waals surface area contributed by atoms with Gasteiger partial charge in [-0.1, -0.05) is 18.2 Å². The first-order valence-electron chi connectivity index (χ1n) is 10.2. The van der Waals surface area contributed by atoms with E-state index in [1.54, 1.807) is 55.6 Å².